The van der Waals surface area contributed by atoms with Gasteiger partial charge >= 0.3 is 0 Å². The van der Waals surface area contributed by atoms with E-state index in [1.165, 1.54) is 6.92 Å². The van der Waals surface area contributed by atoms with E-state index in [-0.39, 0.29) is 11.6 Å². The molecule has 1 saturated heterocycles. The van der Waals surface area contributed by atoms with Crippen LogP contribution in [-0.2, 0) is 14.8 Å². The monoisotopic (exact) mass is 360 g/mol. The van der Waals surface area contributed by atoms with E-state index in [1.54, 1.807) is 4.90 Å². The topological polar surface area (TPSA) is 57.7 Å². The quantitative estimate of drug-likeness (QED) is 0.828. The lowest BCUT2D eigenvalue weighted by atomic mass is 10.00. The number of sulfonamides is 1. The lowest BCUT2D eigenvalue weighted by molar-refractivity contribution is -0.133. The van der Waals surface area contributed by atoms with E-state index >= 15 is 0 Å². The standard InChI is InChI=1S/C16H22F2N2O3S/c1-11-5-4-8-19(10-11)16(21)12(2)20(24(3,22)23)13-6-7-14(17)15(18)9-13/h6-7,9,11-12H,4-5,8,10H2,1-3H3/t11-,12+/m0/s1. The minimum Gasteiger partial charge on any atom is -0.341 e. The highest BCUT2D eigenvalue weighted by Crippen LogP contribution is 2.25. The number of carbonyl (C=O) groups excluding carboxylic acids is 1. The molecular weight excluding hydrogens is 338 g/mol. The molecule has 2 rings (SSSR count). The molecule has 2 atom stereocenters. The Labute approximate surface area is 141 Å². The van der Waals surface area contributed by atoms with Crippen LogP contribution in [0.1, 0.15) is 26.7 Å². The molecule has 0 aliphatic carbocycles. The third-order valence-corrected chi connectivity index (χ3v) is 5.43. The summed E-state index contributed by atoms with van der Waals surface area (Å²) < 4.78 is 51.8. The Bertz CT molecular complexity index is 724. The molecule has 1 aliphatic rings. The van der Waals surface area contributed by atoms with E-state index < -0.39 is 27.7 Å². The van der Waals surface area contributed by atoms with Crippen molar-refractivity contribution in [3.63, 3.8) is 0 Å². The second-order valence-electron chi connectivity index (χ2n) is 6.36. The van der Waals surface area contributed by atoms with Gasteiger partial charge in [-0.25, -0.2) is 17.2 Å². The van der Waals surface area contributed by atoms with Crippen LogP contribution in [0, 0.1) is 17.6 Å². The zero-order valence-electron chi connectivity index (χ0n) is 14.0. The lowest BCUT2D eigenvalue weighted by Crippen LogP contribution is -2.51. The predicted octanol–water partition coefficient (Wildman–Crippen LogP) is 2.38. The number of benzene rings is 1. The molecule has 0 saturated carbocycles. The third kappa shape index (κ3) is 4.03. The lowest BCUT2D eigenvalue weighted by Gasteiger charge is -2.36. The molecular formula is C16H22F2N2O3S. The van der Waals surface area contributed by atoms with Gasteiger partial charge in [0.2, 0.25) is 15.9 Å². The second kappa shape index (κ2) is 7.04. The van der Waals surface area contributed by atoms with Gasteiger partial charge in [-0.1, -0.05) is 6.92 Å². The summed E-state index contributed by atoms with van der Waals surface area (Å²) in [7, 11) is -3.85. The molecule has 1 heterocycles. The van der Waals surface area contributed by atoms with Crippen molar-refractivity contribution in [3.05, 3.63) is 29.8 Å². The van der Waals surface area contributed by atoms with Gasteiger partial charge in [0.1, 0.15) is 6.04 Å². The molecule has 134 valence electrons. The number of nitrogens with zero attached hydrogens (tertiary/aromatic N) is 2. The van der Waals surface area contributed by atoms with Crippen LogP contribution in [0.5, 0.6) is 0 Å². The molecule has 5 nitrogen and oxygen atoms in total. The highest BCUT2D eigenvalue weighted by atomic mass is 32.2. The molecule has 0 N–H and O–H groups in total. The highest BCUT2D eigenvalue weighted by molar-refractivity contribution is 7.92. The molecule has 0 spiro atoms. The summed E-state index contributed by atoms with van der Waals surface area (Å²) in [5.41, 5.74) is -0.0673. The first-order valence-corrected chi connectivity index (χ1v) is 9.69. The van der Waals surface area contributed by atoms with Crippen LogP contribution in [0.15, 0.2) is 18.2 Å². The fourth-order valence-corrected chi connectivity index (χ4v) is 4.24. The third-order valence-electron chi connectivity index (χ3n) is 4.19. The summed E-state index contributed by atoms with van der Waals surface area (Å²) in [5, 5.41) is 0. The molecule has 1 aliphatic heterocycles. The normalized spacial score (nSPS) is 19.9. The van der Waals surface area contributed by atoms with Gasteiger partial charge in [0.05, 0.1) is 11.9 Å². The summed E-state index contributed by atoms with van der Waals surface area (Å²) in [6.45, 7) is 4.64. The van der Waals surface area contributed by atoms with Gasteiger partial charge in [0.25, 0.3) is 0 Å². The van der Waals surface area contributed by atoms with Crippen LogP contribution in [0.2, 0.25) is 0 Å². The highest BCUT2D eigenvalue weighted by Gasteiger charge is 2.33. The first-order chi connectivity index (χ1) is 11.1. The fraction of sp³-hybridized carbons (Fsp3) is 0.562. The summed E-state index contributed by atoms with van der Waals surface area (Å²) in [6, 6.07) is 1.76. The maximum absolute atomic E-state index is 13.5. The Morgan fingerprint density at radius 3 is 2.54 bits per heavy atom. The Balaban J connectivity index is 2.33. The van der Waals surface area contributed by atoms with Crippen LogP contribution < -0.4 is 4.31 Å². The summed E-state index contributed by atoms with van der Waals surface area (Å²) in [4.78, 5) is 14.3. The number of likely N-dealkylation sites (tertiary alicyclic amines) is 1. The van der Waals surface area contributed by atoms with Crippen LogP contribution >= 0.6 is 0 Å². The number of hydrogen-bond acceptors (Lipinski definition) is 3. The molecule has 0 radical (unpaired) electrons. The maximum atomic E-state index is 13.5. The Kier molecular flexibility index (Phi) is 5.47. The van der Waals surface area contributed by atoms with Crippen molar-refractivity contribution in [3.8, 4) is 0 Å². The SMILES string of the molecule is C[C@H]1CCCN(C(=O)[C@@H](C)N(c2ccc(F)c(F)c2)S(C)(=O)=O)C1. The predicted molar refractivity (Wildman–Crippen MR) is 88.1 cm³/mol. The average Bonchev–Trinajstić information content (AvgIpc) is 2.48. The largest absolute Gasteiger partial charge is 0.341 e. The maximum Gasteiger partial charge on any atom is 0.246 e. The molecule has 0 aromatic heterocycles. The summed E-state index contributed by atoms with van der Waals surface area (Å²) in [6.07, 6.45) is 2.83. The zero-order valence-corrected chi connectivity index (χ0v) is 14.8. The first-order valence-electron chi connectivity index (χ1n) is 7.84. The van der Waals surface area contributed by atoms with Crippen LogP contribution in [0.25, 0.3) is 0 Å². The molecule has 1 aromatic carbocycles. The molecule has 1 aromatic rings. The average molecular weight is 360 g/mol. The second-order valence-corrected chi connectivity index (χ2v) is 8.22. The Morgan fingerprint density at radius 1 is 1.33 bits per heavy atom. The first kappa shape index (κ1) is 18.6. The zero-order chi connectivity index (χ0) is 18.1. The molecule has 1 fully saturated rings. The van der Waals surface area contributed by atoms with Crippen molar-refractivity contribution in [2.45, 2.75) is 32.7 Å². The Hall–Kier alpha value is -1.70. The number of amides is 1. The summed E-state index contributed by atoms with van der Waals surface area (Å²) in [5.74, 6) is -2.22. The van der Waals surface area contributed by atoms with Crippen molar-refractivity contribution >= 4 is 21.6 Å². The van der Waals surface area contributed by atoms with Gasteiger partial charge in [-0.3, -0.25) is 9.10 Å². The van der Waals surface area contributed by atoms with E-state index in [1.807, 2.05) is 6.92 Å². The van der Waals surface area contributed by atoms with Gasteiger partial charge in [-0.05, 0) is 37.8 Å². The van der Waals surface area contributed by atoms with E-state index in [2.05, 4.69) is 0 Å². The molecule has 8 heteroatoms. The minimum atomic E-state index is -3.85. The van der Waals surface area contributed by atoms with Crippen LogP contribution in [0.4, 0.5) is 14.5 Å². The number of rotatable bonds is 4. The number of halogens is 2. The number of hydrogen-bond donors (Lipinski definition) is 0. The van der Waals surface area contributed by atoms with Gasteiger partial charge in [-0.15, -0.1) is 0 Å². The van der Waals surface area contributed by atoms with Crippen LogP contribution in [-0.4, -0.2) is 44.6 Å². The van der Waals surface area contributed by atoms with Gasteiger partial charge in [0, 0.05) is 19.2 Å². The van der Waals surface area contributed by atoms with Crippen molar-refractivity contribution in [1.29, 1.82) is 0 Å². The molecule has 0 unspecified atom stereocenters. The summed E-state index contributed by atoms with van der Waals surface area (Å²) >= 11 is 0. The smallest absolute Gasteiger partial charge is 0.246 e. The van der Waals surface area contributed by atoms with Gasteiger partial charge in [-0.2, -0.15) is 0 Å². The van der Waals surface area contributed by atoms with Crippen molar-refractivity contribution in [1.82, 2.24) is 4.90 Å². The van der Waals surface area contributed by atoms with E-state index in [4.69, 9.17) is 0 Å². The molecule has 24 heavy (non-hydrogen) atoms. The van der Waals surface area contributed by atoms with E-state index in [0.717, 1.165) is 41.6 Å². The van der Waals surface area contributed by atoms with E-state index in [0.29, 0.717) is 19.0 Å². The van der Waals surface area contributed by atoms with Crippen molar-refractivity contribution in [2.24, 2.45) is 5.92 Å². The van der Waals surface area contributed by atoms with Crippen LogP contribution in [0.3, 0.4) is 0 Å². The van der Waals surface area contributed by atoms with Crippen molar-refractivity contribution < 1.29 is 22.0 Å². The van der Waals surface area contributed by atoms with E-state index in [9.17, 15) is 22.0 Å². The van der Waals surface area contributed by atoms with Gasteiger partial charge in [0.15, 0.2) is 11.6 Å². The van der Waals surface area contributed by atoms with Crippen molar-refractivity contribution in [2.75, 3.05) is 23.7 Å². The Morgan fingerprint density at radius 2 is 2.00 bits per heavy atom. The fourth-order valence-electron chi connectivity index (χ4n) is 3.08. The number of carbonyl (C=O) groups is 1. The number of anilines is 1. The van der Waals surface area contributed by atoms with Gasteiger partial charge < -0.3 is 4.90 Å². The minimum absolute atomic E-state index is 0.0673. The number of piperidine rings is 1. The molecule has 0 bridgehead atoms. The molecule has 1 amide bonds.